The number of hydrogen-bond donors (Lipinski definition) is 1. The van der Waals surface area contributed by atoms with Gasteiger partial charge in [-0.2, -0.15) is 0 Å². The second-order valence-electron chi connectivity index (χ2n) is 2.97. The van der Waals surface area contributed by atoms with Gasteiger partial charge in [-0.05, 0) is 14.0 Å². The lowest BCUT2D eigenvalue weighted by molar-refractivity contribution is -0.0887. The van der Waals surface area contributed by atoms with Crippen molar-refractivity contribution in [3.63, 3.8) is 0 Å². The number of likely N-dealkylation sites (N-methyl/N-ethyl adjacent to an activating group) is 1. The zero-order valence-corrected chi connectivity index (χ0v) is 6.58. The number of morpholine rings is 1. The van der Waals surface area contributed by atoms with Crippen molar-refractivity contribution in [3.05, 3.63) is 0 Å². The predicted molar refractivity (Wildman–Crippen MR) is 38.9 cm³/mol. The Kier molecular flexibility index (Phi) is 2.65. The molecule has 3 heteroatoms. The molecule has 1 N–H and O–H groups in total. The van der Waals surface area contributed by atoms with Crippen LogP contribution in [0.25, 0.3) is 0 Å². The van der Waals surface area contributed by atoms with E-state index in [2.05, 4.69) is 4.90 Å². The summed E-state index contributed by atoms with van der Waals surface area (Å²) < 4.78 is 5.41. The van der Waals surface area contributed by atoms with E-state index in [1.807, 2.05) is 14.0 Å². The summed E-state index contributed by atoms with van der Waals surface area (Å²) in [5, 5.41) is 8.77. The van der Waals surface area contributed by atoms with Gasteiger partial charge >= 0.3 is 0 Å². The molecule has 1 rings (SSSR count). The van der Waals surface area contributed by atoms with Crippen LogP contribution in [0.3, 0.4) is 0 Å². The van der Waals surface area contributed by atoms with Crippen molar-refractivity contribution in [2.45, 2.75) is 19.1 Å². The maximum absolute atomic E-state index is 8.77. The molecule has 1 aliphatic heterocycles. The first kappa shape index (κ1) is 7.98. The van der Waals surface area contributed by atoms with Crippen LogP contribution >= 0.6 is 0 Å². The summed E-state index contributed by atoms with van der Waals surface area (Å²) >= 11 is 0. The van der Waals surface area contributed by atoms with E-state index in [9.17, 15) is 0 Å². The van der Waals surface area contributed by atoms with Crippen molar-refractivity contribution >= 4 is 0 Å². The first-order valence-electron chi connectivity index (χ1n) is 3.67. The molecule has 10 heavy (non-hydrogen) atoms. The Morgan fingerprint density at radius 2 is 2.30 bits per heavy atom. The van der Waals surface area contributed by atoms with E-state index in [1.165, 1.54) is 0 Å². The minimum Gasteiger partial charge on any atom is -0.394 e. The van der Waals surface area contributed by atoms with E-state index in [-0.39, 0.29) is 18.8 Å². The standard InChI is InChI=1S/C7H15NO2/c1-6-3-8(2)4-7(5-9)10-6/h6-7,9H,3-5H2,1-2H3/t6-,7-/m1/s1. The van der Waals surface area contributed by atoms with Crippen LogP contribution < -0.4 is 0 Å². The van der Waals surface area contributed by atoms with E-state index < -0.39 is 0 Å². The summed E-state index contributed by atoms with van der Waals surface area (Å²) in [6.45, 7) is 3.98. The molecule has 0 bridgehead atoms. The lowest BCUT2D eigenvalue weighted by Crippen LogP contribution is -2.45. The smallest absolute Gasteiger partial charge is 0.0936 e. The molecule has 1 saturated heterocycles. The first-order chi connectivity index (χ1) is 4.72. The molecule has 3 nitrogen and oxygen atoms in total. The van der Waals surface area contributed by atoms with E-state index >= 15 is 0 Å². The van der Waals surface area contributed by atoms with Crippen LogP contribution in [-0.4, -0.2) is 49.0 Å². The molecule has 1 heterocycles. The molecular weight excluding hydrogens is 130 g/mol. The van der Waals surface area contributed by atoms with Gasteiger partial charge in [-0.15, -0.1) is 0 Å². The van der Waals surface area contributed by atoms with Gasteiger partial charge in [-0.3, -0.25) is 0 Å². The van der Waals surface area contributed by atoms with Crippen molar-refractivity contribution in [3.8, 4) is 0 Å². The van der Waals surface area contributed by atoms with Crippen LogP contribution in [0, 0.1) is 0 Å². The SMILES string of the molecule is C[C@@H]1CN(C)C[C@H](CO)O1. The molecule has 1 fully saturated rings. The minimum absolute atomic E-state index is 0.0220. The van der Waals surface area contributed by atoms with Crippen molar-refractivity contribution < 1.29 is 9.84 Å². The summed E-state index contributed by atoms with van der Waals surface area (Å²) in [6, 6.07) is 0. The maximum Gasteiger partial charge on any atom is 0.0936 e. The molecule has 0 saturated carbocycles. The van der Waals surface area contributed by atoms with E-state index in [4.69, 9.17) is 9.84 Å². The van der Waals surface area contributed by atoms with Gasteiger partial charge in [0.1, 0.15) is 0 Å². The largest absolute Gasteiger partial charge is 0.394 e. The topological polar surface area (TPSA) is 32.7 Å². The Hall–Kier alpha value is -0.120. The van der Waals surface area contributed by atoms with E-state index in [1.54, 1.807) is 0 Å². The van der Waals surface area contributed by atoms with Crippen molar-refractivity contribution in [1.29, 1.82) is 0 Å². The number of ether oxygens (including phenoxy) is 1. The molecular formula is C7H15NO2. The second kappa shape index (κ2) is 3.32. The average Bonchev–Trinajstić information content (AvgIpc) is 1.85. The normalized spacial score (nSPS) is 36.3. The van der Waals surface area contributed by atoms with Crippen LogP contribution in [0.2, 0.25) is 0 Å². The molecule has 0 aromatic rings. The number of nitrogens with zero attached hydrogens (tertiary/aromatic N) is 1. The molecule has 0 amide bonds. The number of aliphatic hydroxyl groups excluding tert-OH is 1. The highest BCUT2D eigenvalue weighted by Gasteiger charge is 2.21. The lowest BCUT2D eigenvalue weighted by atomic mass is 10.2. The van der Waals surface area contributed by atoms with E-state index in [0.717, 1.165) is 13.1 Å². The van der Waals surface area contributed by atoms with Gasteiger partial charge < -0.3 is 14.7 Å². The molecule has 0 aromatic heterocycles. The van der Waals surface area contributed by atoms with Crippen molar-refractivity contribution in [1.82, 2.24) is 4.90 Å². The zero-order chi connectivity index (χ0) is 7.56. The van der Waals surface area contributed by atoms with Gasteiger partial charge in [0.2, 0.25) is 0 Å². The van der Waals surface area contributed by atoms with Gasteiger partial charge in [0.25, 0.3) is 0 Å². The Bertz CT molecular complexity index is 97.8. The molecule has 0 aromatic carbocycles. The molecule has 0 unspecified atom stereocenters. The summed E-state index contributed by atoms with van der Waals surface area (Å²) in [7, 11) is 2.04. The Morgan fingerprint density at radius 3 is 2.80 bits per heavy atom. The van der Waals surface area contributed by atoms with Gasteiger partial charge in [0.15, 0.2) is 0 Å². The fourth-order valence-electron chi connectivity index (χ4n) is 1.38. The van der Waals surface area contributed by atoms with Gasteiger partial charge in [-0.25, -0.2) is 0 Å². The zero-order valence-electron chi connectivity index (χ0n) is 6.58. The van der Waals surface area contributed by atoms with Crippen LogP contribution in [0.5, 0.6) is 0 Å². The first-order valence-corrected chi connectivity index (χ1v) is 3.67. The van der Waals surface area contributed by atoms with Gasteiger partial charge in [-0.1, -0.05) is 0 Å². The van der Waals surface area contributed by atoms with E-state index in [0.29, 0.717) is 0 Å². The number of hydrogen-bond acceptors (Lipinski definition) is 3. The summed E-state index contributed by atoms with van der Waals surface area (Å²) in [5.74, 6) is 0. The Labute approximate surface area is 61.6 Å². The van der Waals surface area contributed by atoms with Crippen molar-refractivity contribution in [2.75, 3.05) is 26.7 Å². The maximum atomic E-state index is 8.77. The highest BCUT2D eigenvalue weighted by molar-refractivity contribution is 4.72. The minimum atomic E-state index is 0.0220. The number of rotatable bonds is 1. The average molecular weight is 145 g/mol. The van der Waals surface area contributed by atoms with Crippen molar-refractivity contribution in [2.24, 2.45) is 0 Å². The van der Waals surface area contributed by atoms with Crippen LogP contribution in [0.4, 0.5) is 0 Å². The molecule has 0 radical (unpaired) electrons. The molecule has 2 atom stereocenters. The second-order valence-corrected chi connectivity index (χ2v) is 2.97. The molecule has 0 spiro atoms. The summed E-state index contributed by atoms with van der Waals surface area (Å²) in [6.07, 6.45) is 0.282. The molecule has 0 aliphatic carbocycles. The third-order valence-electron chi connectivity index (χ3n) is 1.71. The van der Waals surface area contributed by atoms with Gasteiger partial charge in [0, 0.05) is 13.1 Å². The number of aliphatic hydroxyl groups is 1. The fourth-order valence-corrected chi connectivity index (χ4v) is 1.38. The fraction of sp³-hybridized carbons (Fsp3) is 1.00. The summed E-state index contributed by atoms with van der Waals surface area (Å²) in [5.41, 5.74) is 0. The van der Waals surface area contributed by atoms with Crippen LogP contribution in [0.1, 0.15) is 6.92 Å². The summed E-state index contributed by atoms with van der Waals surface area (Å²) in [4.78, 5) is 2.18. The van der Waals surface area contributed by atoms with Crippen LogP contribution in [0.15, 0.2) is 0 Å². The van der Waals surface area contributed by atoms with Gasteiger partial charge in [0.05, 0.1) is 18.8 Å². The molecule has 60 valence electrons. The monoisotopic (exact) mass is 145 g/mol. The third-order valence-corrected chi connectivity index (χ3v) is 1.71. The van der Waals surface area contributed by atoms with Crippen LogP contribution in [-0.2, 0) is 4.74 Å². The molecule has 1 aliphatic rings. The lowest BCUT2D eigenvalue weighted by Gasteiger charge is -2.33. The Morgan fingerprint density at radius 1 is 1.60 bits per heavy atom. The Balaban J connectivity index is 2.35. The predicted octanol–water partition coefficient (Wildman–Crippen LogP) is -0.302. The third kappa shape index (κ3) is 1.94. The highest BCUT2D eigenvalue weighted by atomic mass is 16.5. The highest BCUT2D eigenvalue weighted by Crippen LogP contribution is 2.07. The quantitative estimate of drug-likeness (QED) is 0.550.